The molecule has 0 spiro atoms. The first kappa shape index (κ1) is 13.1. The van der Waals surface area contributed by atoms with E-state index >= 15 is 0 Å². The molecule has 3 heteroatoms. The lowest BCUT2D eigenvalue weighted by atomic mass is 9.85. The van der Waals surface area contributed by atoms with Crippen LogP contribution >= 0.6 is 11.3 Å². The molecule has 1 aliphatic rings. The molecule has 0 amide bonds. The maximum atomic E-state index is 6.35. The standard InChI is InChI=1S/C14H24N2S/c1-14(2)6-4-12(13(14)15)9-16(3)8-11-5-7-17-10-11/h5,7,10,12-13H,4,6,8-9,15H2,1-3H3. The van der Waals surface area contributed by atoms with Crippen LogP contribution in [0.5, 0.6) is 0 Å². The lowest BCUT2D eigenvalue weighted by Gasteiger charge is -2.29. The van der Waals surface area contributed by atoms with E-state index in [1.54, 1.807) is 11.3 Å². The summed E-state index contributed by atoms with van der Waals surface area (Å²) >= 11 is 1.77. The van der Waals surface area contributed by atoms with Gasteiger partial charge in [-0.1, -0.05) is 13.8 Å². The maximum Gasteiger partial charge on any atom is 0.0239 e. The predicted molar refractivity (Wildman–Crippen MR) is 75.1 cm³/mol. The van der Waals surface area contributed by atoms with E-state index in [2.05, 4.69) is 42.6 Å². The largest absolute Gasteiger partial charge is 0.327 e. The van der Waals surface area contributed by atoms with Gasteiger partial charge in [0.2, 0.25) is 0 Å². The molecule has 2 nitrogen and oxygen atoms in total. The minimum atomic E-state index is 0.327. The number of nitrogens with zero attached hydrogens (tertiary/aromatic N) is 1. The van der Waals surface area contributed by atoms with Crippen molar-refractivity contribution in [3.05, 3.63) is 22.4 Å². The van der Waals surface area contributed by atoms with Gasteiger partial charge in [0, 0.05) is 19.1 Å². The van der Waals surface area contributed by atoms with Gasteiger partial charge in [-0.15, -0.1) is 0 Å². The van der Waals surface area contributed by atoms with Gasteiger partial charge in [0.05, 0.1) is 0 Å². The van der Waals surface area contributed by atoms with Crippen LogP contribution in [0.1, 0.15) is 32.3 Å². The summed E-state index contributed by atoms with van der Waals surface area (Å²) in [6, 6.07) is 2.56. The van der Waals surface area contributed by atoms with Gasteiger partial charge in [-0.25, -0.2) is 0 Å². The monoisotopic (exact) mass is 252 g/mol. The molecule has 0 bridgehead atoms. The van der Waals surface area contributed by atoms with Crippen LogP contribution in [-0.4, -0.2) is 24.5 Å². The topological polar surface area (TPSA) is 29.3 Å². The van der Waals surface area contributed by atoms with Crippen molar-refractivity contribution in [3.63, 3.8) is 0 Å². The first-order valence-corrected chi connectivity index (χ1v) is 7.38. The third kappa shape index (κ3) is 3.09. The Morgan fingerprint density at radius 1 is 1.53 bits per heavy atom. The van der Waals surface area contributed by atoms with E-state index in [1.165, 1.54) is 18.4 Å². The molecule has 2 atom stereocenters. The Balaban J connectivity index is 1.85. The molecule has 2 rings (SSSR count). The highest BCUT2D eigenvalue weighted by Crippen LogP contribution is 2.40. The minimum absolute atomic E-state index is 0.327. The van der Waals surface area contributed by atoms with Gasteiger partial charge in [-0.3, -0.25) is 0 Å². The van der Waals surface area contributed by atoms with E-state index in [-0.39, 0.29) is 0 Å². The summed E-state index contributed by atoms with van der Waals surface area (Å²) in [4.78, 5) is 2.41. The van der Waals surface area contributed by atoms with E-state index in [4.69, 9.17) is 5.73 Å². The summed E-state index contributed by atoms with van der Waals surface area (Å²) in [5, 5.41) is 4.38. The van der Waals surface area contributed by atoms with E-state index in [1.807, 2.05) is 0 Å². The smallest absolute Gasteiger partial charge is 0.0239 e. The molecule has 1 aromatic rings. The van der Waals surface area contributed by atoms with Gasteiger partial charge in [0.25, 0.3) is 0 Å². The fourth-order valence-corrected chi connectivity index (χ4v) is 3.57. The predicted octanol–water partition coefficient (Wildman–Crippen LogP) is 2.94. The molecule has 0 aromatic carbocycles. The third-order valence-electron chi connectivity index (χ3n) is 4.15. The van der Waals surface area contributed by atoms with Crippen LogP contribution in [-0.2, 0) is 6.54 Å². The zero-order chi connectivity index (χ0) is 12.5. The molecule has 1 saturated carbocycles. The van der Waals surface area contributed by atoms with Gasteiger partial charge >= 0.3 is 0 Å². The van der Waals surface area contributed by atoms with Gasteiger partial charge in [-0.2, -0.15) is 11.3 Å². The highest BCUT2D eigenvalue weighted by molar-refractivity contribution is 7.07. The normalized spacial score (nSPS) is 27.8. The second-order valence-corrected chi connectivity index (χ2v) is 6.92. The minimum Gasteiger partial charge on any atom is -0.327 e. The molecule has 1 aliphatic carbocycles. The van der Waals surface area contributed by atoms with Gasteiger partial charge in [-0.05, 0) is 53.6 Å². The van der Waals surface area contributed by atoms with Crippen molar-refractivity contribution < 1.29 is 0 Å². The number of rotatable bonds is 4. The van der Waals surface area contributed by atoms with Crippen LogP contribution in [0.4, 0.5) is 0 Å². The summed E-state index contributed by atoms with van der Waals surface area (Å²) in [5.41, 5.74) is 8.10. The second-order valence-electron chi connectivity index (χ2n) is 6.14. The average molecular weight is 252 g/mol. The Morgan fingerprint density at radius 2 is 2.29 bits per heavy atom. The zero-order valence-corrected chi connectivity index (χ0v) is 12.0. The summed E-state index contributed by atoms with van der Waals surface area (Å²) in [5.74, 6) is 0.661. The Morgan fingerprint density at radius 3 is 2.82 bits per heavy atom. The lowest BCUT2D eigenvalue weighted by molar-refractivity contribution is 0.229. The zero-order valence-electron chi connectivity index (χ0n) is 11.1. The highest BCUT2D eigenvalue weighted by Gasteiger charge is 2.39. The van der Waals surface area contributed by atoms with Crippen LogP contribution in [0.2, 0.25) is 0 Å². The van der Waals surface area contributed by atoms with E-state index in [0.717, 1.165) is 13.1 Å². The number of nitrogens with two attached hydrogens (primary N) is 1. The third-order valence-corrected chi connectivity index (χ3v) is 4.88. The van der Waals surface area contributed by atoms with E-state index in [0.29, 0.717) is 17.4 Å². The fourth-order valence-electron chi connectivity index (χ4n) is 2.91. The SMILES string of the molecule is CN(Cc1ccsc1)CC1CCC(C)(C)C1N. The Labute approximate surface area is 109 Å². The summed E-state index contributed by atoms with van der Waals surface area (Å²) < 4.78 is 0. The molecule has 0 radical (unpaired) electrons. The number of hydrogen-bond acceptors (Lipinski definition) is 3. The molecule has 0 saturated heterocycles. The maximum absolute atomic E-state index is 6.35. The number of hydrogen-bond donors (Lipinski definition) is 1. The van der Waals surface area contributed by atoms with Crippen LogP contribution < -0.4 is 5.73 Å². The van der Waals surface area contributed by atoms with Crippen molar-refractivity contribution in [1.82, 2.24) is 4.90 Å². The van der Waals surface area contributed by atoms with Crippen molar-refractivity contribution in [2.75, 3.05) is 13.6 Å². The van der Waals surface area contributed by atoms with E-state index in [9.17, 15) is 0 Å². The van der Waals surface area contributed by atoms with Crippen LogP contribution in [0.3, 0.4) is 0 Å². The number of thiophene rings is 1. The van der Waals surface area contributed by atoms with Crippen LogP contribution in [0.15, 0.2) is 16.8 Å². The molecule has 2 unspecified atom stereocenters. The van der Waals surface area contributed by atoms with Gasteiger partial charge in [0.15, 0.2) is 0 Å². The van der Waals surface area contributed by atoms with Crippen molar-refractivity contribution in [3.8, 4) is 0 Å². The summed E-state index contributed by atoms with van der Waals surface area (Å²) in [7, 11) is 2.20. The van der Waals surface area contributed by atoms with Crippen molar-refractivity contribution >= 4 is 11.3 Å². The molecule has 1 aromatic heterocycles. The molecule has 0 aliphatic heterocycles. The van der Waals surface area contributed by atoms with Gasteiger partial charge in [0.1, 0.15) is 0 Å². The quantitative estimate of drug-likeness (QED) is 0.892. The molecule has 17 heavy (non-hydrogen) atoms. The molecular formula is C14H24N2S. The first-order valence-electron chi connectivity index (χ1n) is 6.44. The van der Waals surface area contributed by atoms with Gasteiger partial charge < -0.3 is 10.6 Å². The highest BCUT2D eigenvalue weighted by atomic mass is 32.1. The molecule has 1 heterocycles. The Bertz CT molecular complexity index is 345. The molecule has 2 N–H and O–H groups in total. The second kappa shape index (κ2) is 5.09. The first-order chi connectivity index (χ1) is 7.99. The summed E-state index contributed by atoms with van der Waals surface area (Å²) in [6.07, 6.45) is 2.55. The average Bonchev–Trinajstić information content (AvgIpc) is 2.82. The van der Waals surface area contributed by atoms with Crippen LogP contribution in [0, 0.1) is 11.3 Å². The van der Waals surface area contributed by atoms with Crippen molar-refractivity contribution in [2.24, 2.45) is 17.1 Å². The molecule has 96 valence electrons. The van der Waals surface area contributed by atoms with Crippen molar-refractivity contribution in [2.45, 2.75) is 39.3 Å². The van der Waals surface area contributed by atoms with Crippen molar-refractivity contribution in [1.29, 1.82) is 0 Å². The summed E-state index contributed by atoms with van der Waals surface area (Å²) in [6.45, 7) is 6.78. The molecule has 1 fully saturated rings. The van der Waals surface area contributed by atoms with E-state index < -0.39 is 0 Å². The van der Waals surface area contributed by atoms with Crippen LogP contribution in [0.25, 0.3) is 0 Å². The Hall–Kier alpha value is -0.380. The molecular weight excluding hydrogens is 228 g/mol. The fraction of sp³-hybridized carbons (Fsp3) is 0.714. The Kier molecular flexibility index (Phi) is 3.91. The lowest BCUT2D eigenvalue weighted by Crippen LogP contribution is -2.41.